The van der Waals surface area contributed by atoms with E-state index in [1.165, 1.54) is 0 Å². The molecule has 0 bridgehead atoms. The molecule has 1 N–H and O–H groups in total. The Balaban J connectivity index is 1.81. The number of hydrogen-bond donors (Lipinski definition) is 1. The van der Waals surface area contributed by atoms with Crippen molar-refractivity contribution in [3.8, 4) is 11.4 Å². The molecule has 22 heavy (non-hydrogen) atoms. The summed E-state index contributed by atoms with van der Waals surface area (Å²) in [6.45, 7) is 4.93. The summed E-state index contributed by atoms with van der Waals surface area (Å²) in [4.78, 5) is 4.30. The van der Waals surface area contributed by atoms with Gasteiger partial charge in [-0.2, -0.15) is 0 Å². The molecule has 2 aromatic rings. The van der Waals surface area contributed by atoms with Gasteiger partial charge in [0.05, 0.1) is 23.3 Å². The summed E-state index contributed by atoms with van der Waals surface area (Å²) < 4.78 is 22.1. The SMILES string of the molecule is Cc1ccc(Cl)c(-c2nccn2CCC2CNCCO2)c1F. The Morgan fingerprint density at radius 1 is 1.50 bits per heavy atom. The van der Waals surface area contributed by atoms with Crippen molar-refractivity contribution < 1.29 is 9.13 Å². The maximum absolute atomic E-state index is 14.4. The smallest absolute Gasteiger partial charge is 0.144 e. The van der Waals surface area contributed by atoms with Gasteiger partial charge in [-0.1, -0.05) is 17.7 Å². The first-order valence-corrected chi connectivity index (χ1v) is 7.83. The number of hydrogen-bond acceptors (Lipinski definition) is 3. The summed E-state index contributed by atoms with van der Waals surface area (Å²) >= 11 is 6.19. The van der Waals surface area contributed by atoms with E-state index in [9.17, 15) is 4.39 Å². The molecule has 0 saturated carbocycles. The Bertz CT molecular complexity index is 653. The van der Waals surface area contributed by atoms with E-state index in [1.807, 2.05) is 10.8 Å². The van der Waals surface area contributed by atoms with Crippen molar-refractivity contribution >= 4 is 11.6 Å². The number of imidazole rings is 1. The molecule has 0 spiro atoms. The average Bonchev–Trinajstić information content (AvgIpc) is 2.99. The fourth-order valence-corrected chi connectivity index (χ4v) is 2.90. The Morgan fingerprint density at radius 3 is 3.14 bits per heavy atom. The molecule has 1 atom stereocenters. The molecule has 3 rings (SSSR count). The Hall–Kier alpha value is -1.43. The molecule has 6 heteroatoms. The summed E-state index contributed by atoms with van der Waals surface area (Å²) in [6, 6.07) is 3.39. The van der Waals surface area contributed by atoms with Crippen LogP contribution in [0.4, 0.5) is 4.39 Å². The van der Waals surface area contributed by atoms with Gasteiger partial charge in [0.2, 0.25) is 0 Å². The molecule has 0 radical (unpaired) electrons. The first-order valence-electron chi connectivity index (χ1n) is 7.45. The van der Waals surface area contributed by atoms with Crippen LogP contribution < -0.4 is 5.32 Å². The van der Waals surface area contributed by atoms with Crippen molar-refractivity contribution in [3.63, 3.8) is 0 Å². The predicted octanol–water partition coefficient (Wildman–Crippen LogP) is 3.03. The minimum Gasteiger partial charge on any atom is -0.376 e. The predicted molar refractivity (Wildman–Crippen MR) is 84.6 cm³/mol. The van der Waals surface area contributed by atoms with Gasteiger partial charge in [-0.3, -0.25) is 0 Å². The maximum Gasteiger partial charge on any atom is 0.144 e. The monoisotopic (exact) mass is 323 g/mol. The van der Waals surface area contributed by atoms with Crippen LogP contribution in [0.3, 0.4) is 0 Å². The summed E-state index contributed by atoms with van der Waals surface area (Å²) in [5.74, 6) is 0.255. The molecule has 4 nitrogen and oxygen atoms in total. The highest BCUT2D eigenvalue weighted by Gasteiger charge is 2.18. The van der Waals surface area contributed by atoms with Crippen molar-refractivity contribution in [3.05, 3.63) is 40.9 Å². The molecular weight excluding hydrogens is 305 g/mol. The van der Waals surface area contributed by atoms with Crippen molar-refractivity contribution in [2.24, 2.45) is 0 Å². The van der Waals surface area contributed by atoms with Crippen LogP contribution in [0.5, 0.6) is 0 Å². The Kier molecular flexibility index (Phi) is 4.76. The highest BCUT2D eigenvalue weighted by atomic mass is 35.5. The first-order chi connectivity index (χ1) is 10.7. The fraction of sp³-hybridized carbons (Fsp3) is 0.438. The van der Waals surface area contributed by atoms with Crippen LogP contribution in [0.25, 0.3) is 11.4 Å². The molecule has 1 aromatic carbocycles. The van der Waals surface area contributed by atoms with E-state index >= 15 is 0 Å². The summed E-state index contributed by atoms with van der Waals surface area (Å²) in [5, 5.41) is 3.69. The lowest BCUT2D eigenvalue weighted by molar-refractivity contribution is 0.0211. The van der Waals surface area contributed by atoms with Gasteiger partial charge in [-0.25, -0.2) is 9.37 Å². The Morgan fingerprint density at radius 2 is 2.36 bits per heavy atom. The molecule has 118 valence electrons. The van der Waals surface area contributed by atoms with Gasteiger partial charge in [-0.15, -0.1) is 0 Å². The topological polar surface area (TPSA) is 39.1 Å². The van der Waals surface area contributed by atoms with Crippen LogP contribution in [0, 0.1) is 12.7 Å². The summed E-state index contributed by atoms with van der Waals surface area (Å²) in [5.41, 5.74) is 0.933. The standard InChI is InChI=1S/C16H19ClFN3O/c1-11-2-3-13(17)14(15(11)18)16-20-5-8-21(16)7-4-12-10-19-6-9-22-12/h2-3,5,8,12,19H,4,6-7,9-10H2,1H3. The minimum absolute atomic E-state index is 0.182. The van der Waals surface area contributed by atoms with Gasteiger partial charge in [0, 0.05) is 32.0 Å². The van der Waals surface area contributed by atoms with E-state index in [1.54, 1.807) is 25.3 Å². The third-order valence-corrected chi connectivity index (χ3v) is 4.23. The van der Waals surface area contributed by atoms with E-state index in [2.05, 4.69) is 10.3 Å². The van der Waals surface area contributed by atoms with Crippen LogP contribution in [0.2, 0.25) is 5.02 Å². The second-order valence-electron chi connectivity index (χ2n) is 5.48. The number of rotatable bonds is 4. The third-order valence-electron chi connectivity index (χ3n) is 3.92. The lowest BCUT2D eigenvalue weighted by Gasteiger charge is -2.24. The van der Waals surface area contributed by atoms with Crippen LogP contribution >= 0.6 is 11.6 Å². The van der Waals surface area contributed by atoms with Crippen LogP contribution in [-0.4, -0.2) is 35.4 Å². The van der Waals surface area contributed by atoms with E-state index < -0.39 is 0 Å². The quantitative estimate of drug-likeness (QED) is 0.940. The molecule has 1 aliphatic rings. The molecule has 0 amide bonds. The van der Waals surface area contributed by atoms with E-state index in [4.69, 9.17) is 16.3 Å². The average molecular weight is 324 g/mol. The maximum atomic E-state index is 14.4. The number of aromatic nitrogens is 2. The first kappa shape index (κ1) is 15.5. The summed E-state index contributed by atoms with van der Waals surface area (Å²) in [7, 11) is 0. The number of benzene rings is 1. The third kappa shape index (κ3) is 3.16. The van der Waals surface area contributed by atoms with E-state index in [-0.39, 0.29) is 11.9 Å². The fourth-order valence-electron chi connectivity index (χ4n) is 2.67. The van der Waals surface area contributed by atoms with Gasteiger partial charge in [0.25, 0.3) is 0 Å². The van der Waals surface area contributed by atoms with Crippen molar-refractivity contribution in [1.82, 2.24) is 14.9 Å². The summed E-state index contributed by atoms with van der Waals surface area (Å²) in [6.07, 6.45) is 4.56. The van der Waals surface area contributed by atoms with Gasteiger partial charge in [-0.05, 0) is 25.0 Å². The highest BCUT2D eigenvalue weighted by molar-refractivity contribution is 6.33. The zero-order chi connectivity index (χ0) is 15.5. The van der Waals surface area contributed by atoms with Crippen LogP contribution in [0.1, 0.15) is 12.0 Å². The van der Waals surface area contributed by atoms with Gasteiger partial charge >= 0.3 is 0 Å². The van der Waals surface area contributed by atoms with Gasteiger partial charge in [0.15, 0.2) is 0 Å². The second kappa shape index (κ2) is 6.77. The number of nitrogens with zero attached hydrogens (tertiary/aromatic N) is 2. The lowest BCUT2D eigenvalue weighted by Crippen LogP contribution is -2.38. The molecule has 1 aromatic heterocycles. The molecule has 0 aliphatic carbocycles. The number of morpholine rings is 1. The second-order valence-corrected chi connectivity index (χ2v) is 5.89. The van der Waals surface area contributed by atoms with Crippen LogP contribution in [0.15, 0.2) is 24.5 Å². The normalized spacial score (nSPS) is 18.6. The molecule has 1 fully saturated rings. The number of halogens is 2. The van der Waals surface area contributed by atoms with Crippen molar-refractivity contribution in [2.75, 3.05) is 19.7 Å². The number of nitrogens with one attached hydrogen (secondary N) is 1. The Labute approximate surface area is 134 Å². The van der Waals surface area contributed by atoms with Crippen LogP contribution in [-0.2, 0) is 11.3 Å². The lowest BCUT2D eigenvalue weighted by atomic mass is 10.1. The van der Waals surface area contributed by atoms with E-state index in [0.717, 1.165) is 26.1 Å². The van der Waals surface area contributed by atoms with E-state index in [0.29, 0.717) is 28.5 Å². The number of aryl methyl sites for hydroxylation is 2. The van der Waals surface area contributed by atoms with Crippen molar-refractivity contribution in [2.45, 2.75) is 26.0 Å². The zero-order valence-corrected chi connectivity index (χ0v) is 13.2. The molecule has 2 heterocycles. The molecule has 1 aliphatic heterocycles. The van der Waals surface area contributed by atoms with Crippen molar-refractivity contribution in [1.29, 1.82) is 0 Å². The minimum atomic E-state index is -0.310. The number of ether oxygens (including phenoxy) is 1. The van der Waals surface area contributed by atoms with Gasteiger partial charge < -0.3 is 14.6 Å². The van der Waals surface area contributed by atoms with Gasteiger partial charge in [0.1, 0.15) is 11.6 Å². The molecular formula is C16H19ClFN3O. The molecule has 1 saturated heterocycles. The highest BCUT2D eigenvalue weighted by Crippen LogP contribution is 2.31. The largest absolute Gasteiger partial charge is 0.376 e. The zero-order valence-electron chi connectivity index (χ0n) is 12.5. The molecule has 1 unspecified atom stereocenters.